The molecular weight excluding hydrogens is 238 g/mol. The highest BCUT2D eigenvalue weighted by atomic mass is 32.2. The Kier molecular flexibility index (Phi) is 5.66. The summed E-state index contributed by atoms with van der Waals surface area (Å²) in [7, 11) is -0.660. The lowest BCUT2D eigenvalue weighted by atomic mass is 10.1. The molecule has 2 unspecified atom stereocenters. The molecule has 0 radical (unpaired) electrons. The van der Waals surface area contributed by atoms with Crippen molar-refractivity contribution in [3.63, 3.8) is 0 Å². The van der Waals surface area contributed by atoms with Gasteiger partial charge in [0.25, 0.3) is 0 Å². The van der Waals surface area contributed by atoms with Gasteiger partial charge >= 0.3 is 0 Å². The van der Waals surface area contributed by atoms with Gasteiger partial charge in [-0.15, -0.1) is 11.3 Å². The lowest BCUT2D eigenvalue weighted by Gasteiger charge is -2.13. The van der Waals surface area contributed by atoms with Crippen LogP contribution in [0.3, 0.4) is 0 Å². The lowest BCUT2D eigenvalue weighted by molar-refractivity contribution is 0.596. The largest absolute Gasteiger partial charge is 0.309 e. The molecule has 92 valence electrons. The third-order valence-electron chi connectivity index (χ3n) is 2.65. The maximum atomic E-state index is 11.3. The second-order valence-corrected chi connectivity index (χ2v) is 7.30. The molecular formula is C12H21NOS2. The number of rotatable bonds is 6. The maximum absolute atomic E-state index is 11.3. The number of aryl methyl sites for hydroxylation is 2. The van der Waals surface area contributed by atoms with Crippen molar-refractivity contribution in [3.05, 3.63) is 21.4 Å². The molecule has 0 bridgehead atoms. The minimum atomic E-state index is -0.660. The summed E-state index contributed by atoms with van der Waals surface area (Å²) in [6.07, 6.45) is 0. The van der Waals surface area contributed by atoms with E-state index in [0.717, 1.165) is 18.1 Å². The Morgan fingerprint density at radius 2 is 2.19 bits per heavy atom. The standard InChI is InChI=1S/C12H21NOS2/c1-5-16(14)7-6-13-10(3)12-8-9(2)15-11(12)4/h8,10,13H,5-7H2,1-4H3. The third kappa shape index (κ3) is 4.00. The molecule has 1 aromatic heterocycles. The first-order valence-electron chi connectivity index (χ1n) is 5.69. The van der Waals surface area contributed by atoms with Gasteiger partial charge in [-0.05, 0) is 32.4 Å². The van der Waals surface area contributed by atoms with Gasteiger partial charge in [0.15, 0.2) is 0 Å². The fraction of sp³-hybridized carbons (Fsp3) is 0.667. The van der Waals surface area contributed by atoms with E-state index < -0.39 is 10.8 Å². The topological polar surface area (TPSA) is 29.1 Å². The van der Waals surface area contributed by atoms with E-state index in [4.69, 9.17) is 0 Å². The molecule has 1 N–H and O–H groups in total. The van der Waals surface area contributed by atoms with Gasteiger partial charge < -0.3 is 5.32 Å². The summed E-state index contributed by atoms with van der Waals surface area (Å²) < 4.78 is 11.3. The van der Waals surface area contributed by atoms with E-state index in [1.807, 2.05) is 18.3 Å². The van der Waals surface area contributed by atoms with Crippen LogP contribution in [0.1, 0.15) is 35.2 Å². The summed E-state index contributed by atoms with van der Waals surface area (Å²) in [6.45, 7) is 9.26. The number of hydrogen-bond donors (Lipinski definition) is 1. The number of nitrogens with one attached hydrogen (secondary N) is 1. The minimum Gasteiger partial charge on any atom is -0.309 e. The van der Waals surface area contributed by atoms with Gasteiger partial charge in [0.2, 0.25) is 0 Å². The van der Waals surface area contributed by atoms with Crippen LogP contribution in [0, 0.1) is 13.8 Å². The van der Waals surface area contributed by atoms with Crippen LogP contribution < -0.4 is 5.32 Å². The van der Waals surface area contributed by atoms with Crippen molar-refractivity contribution in [3.8, 4) is 0 Å². The summed E-state index contributed by atoms with van der Waals surface area (Å²) in [5.74, 6) is 1.51. The molecule has 0 fully saturated rings. The zero-order valence-corrected chi connectivity index (χ0v) is 12.1. The summed E-state index contributed by atoms with van der Waals surface area (Å²) in [5.41, 5.74) is 1.38. The Bertz CT molecular complexity index is 360. The second kappa shape index (κ2) is 6.52. The minimum absolute atomic E-state index is 0.360. The maximum Gasteiger partial charge on any atom is 0.0360 e. The molecule has 0 aliphatic rings. The van der Waals surface area contributed by atoms with Gasteiger partial charge in [0, 0.05) is 44.6 Å². The average Bonchev–Trinajstić information content (AvgIpc) is 2.57. The van der Waals surface area contributed by atoms with Crippen LogP contribution in [0.15, 0.2) is 6.07 Å². The summed E-state index contributed by atoms with van der Waals surface area (Å²) >= 11 is 1.84. The van der Waals surface area contributed by atoms with Crippen LogP contribution in [0.2, 0.25) is 0 Å². The highest BCUT2D eigenvalue weighted by Crippen LogP contribution is 2.25. The molecule has 2 nitrogen and oxygen atoms in total. The Morgan fingerprint density at radius 1 is 1.50 bits per heavy atom. The van der Waals surface area contributed by atoms with Gasteiger partial charge in [-0.25, -0.2) is 0 Å². The zero-order valence-electron chi connectivity index (χ0n) is 10.5. The van der Waals surface area contributed by atoms with Gasteiger partial charge in [0.1, 0.15) is 0 Å². The first-order valence-corrected chi connectivity index (χ1v) is 8.00. The first kappa shape index (κ1) is 13.9. The average molecular weight is 259 g/mol. The van der Waals surface area contributed by atoms with E-state index in [9.17, 15) is 4.21 Å². The van der Waals surface area contributed by atoms with Gasteiger partial charge in [-0.2, -0.15) is 0 Å². The van der Waals surface area contributed by atoms with Crippen molar-refractivity contribution in [1.82, 2.24) is 5.32 Å². The Morgan fingerprint density at radius 3 is 2.69 bits per heavy atom. The monoisotopic (exact) mass is 259 g/mol. The van der Waals surface area contributed by atoms with E-state index in [0.29, 0.717) is 6.04 Å². The van der Waals surface area contributed by atoms with Crippen molar-refractivity contribution >= 4 is 22.1 Å². The smallest absolute Gasteiger partial charge is 0.0360 e. The SMILES string of the molecule is CCS(=O)CCNC(C)c1cc(C)sc1C. The van der Waals surface area contributed by atoms with E-state index in [-0.39, 0.29) is 0 Å². The Balaban J connectivity index is 2.43. The molecule has 1 rings (SSSR count). The van der Waals surface area contributed by atoms with E-state index >= 15 is 0 Å². The van der Waals surface area contributed by atoms with Crippen LogP contribution >= 0.6 is 11.3 Å². The third-order valence-corrected chi connectivity index (χ3v) is 4.93. The van der Waals surface area contributed by atoms with Crippen molar-refractivity contribution in [2.75, 3.05) is 18.1 Å². The predicted molar refractivity (Wildman–Crippen MR) is 73.8 cm³/mol. The number of hydrogen-bond acceptors (Lipinski definition) is 3. The Hall–Kier alpha value is -0.190. The molecule has 0 aromatic carbocycles. The molecule has 0 amide bonds. The van der Waals surface area contributed by atoms with Gasteiger partial charge in [-0.1, -0.05) is 6.92 Å². The predicted octanol–water partition coefficient (Wildman–Crippen LogP) is 2.78. The summed E-state index contributed by atoms with van der Waals surface area (Å²) in [4.78, 5) is 2.74. The Labute approximate surface area is 105 Å². The van der Waals surface area contributed by atoms with Crippen molar-refractivity contribution < 1.29 is 4.21 Å². The van der Waals surface area contributed by atoms with E-state index in [2.05, 4.69) is 32.2 Å². The molecule has 0 saturated carbocycles. The fourth-order valence-electron chi connectivity index (χ4n) is 1.72. The van der Waals surface area contributed by atoms with Crippen LogP contribution in [0.25, 0.3) is 0 Å². The highest BCUT2D eigenvalue weighted by molar-refractivity contribution is 7.84. The fourth-order valence-corrected chi connectivity index (χ4v) is 3.38. The van der Waals surface area contributed by atoms with Crippen molar-refractivity contribution in [1.29, 1.82) is 0 Å². The van der Waals surface area contributed by atoms with Crippen LogP contribution in [-0.4, -0.2) is 22.3 Å². The van der Waals surface area contributed by atoms with Gasteiger partial charge in [0.05, 0.1) is 0 Å². The number of thiophene rings is 1. The molecule has 4 heteroatoms. The summed E-state index contributed by atoms with van der Waals surface area (Å²) in [6, 6.07) is 2.60. The molecule has 16 heavy (non-hydrogen) atoms. The van der Waals surface area contributed by atoms with Crippen molar-refractivity contribution in [2.45, 2.75) is 33.7 Å². The van der Waals surface area contributed by atoms with Crippen LogP contribution in [0.5, 0.6) is 0 Å². The summed E-state index contributed by atoms with van der Waals surface area (Å²) in [5, 5.41) is 3.43. The van der Waals surface area contributed by atoms with E-state index in [1.54, 1.807) is 0 Å². The van der Waals surface area contributed by atoms with Gasteiger partial charge in [-0.3, -0.25) is 4.21 Å². The highest BCUT2D eigenvalue weighted by Gasteiger charge is 2.10. The molecule has 1 heterocycles. The molecule has 0 spiro atoms. The normalized spacial score (nSPS) is 15.0. The van der Waals surface area contributed by atoms with Crippen molar-refractivity contribution in [2.24, 2.45) is 0 Å². The van der Waals surface area contributed by atoms with Crippen LogP contribution in [-0.2, 0) is 10.8 Å². The molecule has 1 aromatic rings. The zero-order chi connectivity index (χ0) is 12.1. The quantitative estimate of drug-likeness (QED) is 0.851. The van der Waals surface area contributed by atoms with Crippen LogP contribution in [0.4, 0.5) is 0 Å². The molecule has 0 aliphatic heterocycles. The molecule has 0 saturated heterocycles. The second-order valence-electron chi connectivity index (χ2n) is 3.98. The first-order chi connectivity index (χ1) is 7.54. The lowest BCUT2D eigenvalue weighted by Crippen LogP contribution is -2.24. The molecule has 0 aliphatic carbocycles. The molecule has 2 atom stereocenters. The van der Waals surface area contributed by atoms with E-state index in [1.165, 1.54) is 15.3 Å².